The van der Waals surface area contributed by atoms with E-state index >= 15 is 0 Å². The van der Waals surface area contributed by atoms with E-state index in [1.54, 1.807) is 13.2 Å². The van der Waals surface area contributed by atoms with Crippen LogP contribution in [0.15, 0.2) is 78.9 Å². The topological polar surface area (TPSA) is 44.7 Å². The zero-order valence-corrected chi connectivity index (χ0v) is 19.5. The van der Waals surface area contributed by atoms with E-state index in [2.05, 4.69) is 58.7 Å². The van der Waals surface area contributed by atoms with Gasteiger partial charge in [0.05, 0.1) is 7.11 Å². The number of aromatic hydroxyl groups is 1. The molecule has 3 rings (SSSR count). The van der Waals surface area contributed by atoms with Gasteiger partial charge in [0.25, 0.3) is 0 Å². The van der Waals surface area contributed by atoms with Crippen molar-refractivity contribution in [2.75, 3.05) is 26.7 Å². The first-order valence-electron chi connectivity index (χ1n) is 11.1. The van der Waals surface area contributed by atoms with Gasteiger partial charge in [-0.1, -0.05) is 66.7 Å². The molecule has 0 aromatic heterocycles. The summed E-state index contributed by atoms with van der Waals surface area (Å²) in [4.78, 5) is 2.27. The van der Waals surface area contributed by atoms with Gasteiger partial charge in [0.2, 0.25) is 0 Å². The summed E-state index contributed by atoms with van der Waals surface area (Å²) in [6.07, 6.45) is 3.75. The van der Waals surface area contributed by atoms with Crippen LogP contribution < -0.4 is 10.1 Å². The fourth-order valence-corrected chi connectivity index (χ4v) is 3.93. The second-order valence-corrected chi connectivity index (χ2v) is 8.19. The standard InChI is InChI=1S/C27H32N2O2S/c1-31-26-21-24(14-15-25(26)30)13-8-19-29(20-17-23-11-6-3-7-12-23)27(32)28-18-16-22-9-4-2-5-10-22/h2-7,9-12,14-15,21,30H,8,13,16-20H2,1H3,(H,28,32). The van der Waals surface area contributed by atoms with Crippen LogP contribution in [0, 0.1) is 0 Å². The highest BCUT2D eigenvalue weighted by molar-refractivity contribution is 7.80. The van der Waals surface area contributed by atoms with Crippen LogP contribution >= 0.6 is 12.2 Å². The van der Waals surface area contributed by atoms with E-state index < -0.39 is 0 Å². The number of phenolic OH excluding ortho intramolecular Hbond substituents is 1. The number of nitrogens with one attached hydrogen (secondary N) is 1. The van der Waals surface area contributed by atoms with Crippen LogP contribution in [-0.4, -0.2) is 41.9 Å². The van der Waals surface area contributed by atoms with Crippen molar-refractivity contribution in [1.82, 2.24) is 10.2 Å². The van der Waals surface area contributed by atoms with Gasteiger partial charge in [0.15, 0.2) is 16.6 Å². The summed E-state index contributed by atoms with van der Waals surface area (Å²) in [6.45, 7) is 2.56. The lowest BCUT2D eigenvalue weighted by atomic mass is 10.1. The fourth-order valence-electron chi connectivity index (χ4n) is 3.65. The van der Waals surface area contributed by atoms with Crippen LogP contribution in [-0.2, 0) is 19.3 Å². The molecule has 168 valence electrons. The molecule has 0 amide bonds. The number of aryl methyl sites for hydroxylation is 1. The number of thiocarbonyl (C=S) groups is 1. The molecule has 0 unspecified atom stereocenters. The van der Waals surface area contributed by atoms with Gasteiger partial charge in [0, 0.05) is 19.6 Å². The lowest BCUT2D eigenvalue weighted by molar-refractivity contribution is 0.372. The van der Waals surface area contributed by atoms with Crippen LogP contribution in [0.25, 0.3) is 0 Å². The molecule has 0 saturated heterocycles. The van der Waals surface area contributed by atoms with E-state index in [1.807, 2.05) is 24.3 Å². The Morgan fingerprint density at radius 2 is 1.50 bits per heavy atom. The summed E-state index contributed by atoms with van der Waals surface area (Å²) in [6, 6.07) is 26.5. The number of ether oxygens (including phenoxy) is 1. The highest BCUT2D eigenvalue weighted by Crippen LogP contribution is 2.26. The second kappa shape index (κ2) is 12.7. The Hall–Kier alpha value is -3.05. The molecular formula is C27H32N2O2S. The lowest BCUT2D eigenvalue weighted by Gasteiger charge is -2.26. The molecule has 0 heterocycles. The molecule has 0 radical (unpaired) electrons. The SMILES string of the molecule is COc1cc(CCCN(CCc2ccccc2)C(=S)NCCc2ccccc2)ccc1O. The van der Waals surface area contributed by atoms with Gasteiger partial charge in [-0.2, -0.15) is 0 Å². The van der Waals surface area contributed by atoms with Gasteiger partial charge < -0.3 is 20.1 Å². The zero-order chi connectivity index (χ0) is 22.6. The zero-order valence-electron chi connectivity index (χ0n) is 18.7. The van der Waals surface area contributed by atoms with Gasteiger partial charge in [-0.05, 0) is 66.7 Å². The highest BCUT2D eigenvalue weighted by atomic mass is 32.1. The lowest BCUT2D eigenvalue weighted by Crippen LogP contribution is -2.42. The molecule has 5 heteroatoms. The molecule has 4 nitrogen and oxygen atoms in total. The molecular weight excluding hydrogens is 416 g/mol. The van der Waals surface area contributed by atoms with Crippen molar-refractivity contribution in [3.8, 4) is 11.5 Å². The van der Waals surface area contributed by atoms with Crippen molar-refractivity contribution in [3.05, 3.63) is 95.6 Å². The van der Waals surface area contributed by atoms with Crippen LogP contribution in [0.3, 0.4) is 0 Å². The Morgan fingerprint density at radius 3 is 2.16 bits per heavy atom. The predicted molar refractivity (Wildman–Crippen MR) is 135 cm³/mol. The number of methoxy groups -OCH3 is 1. The van der Waals surface area contributed by atoms with Crippen molar-refractivity contribution in [3.63, 3.8) is 0 Å². The van der Waals surface area contributed by atoms with Crippen molar-refractivity contribution in [1.29, 1.82) is 0 Å². The smallest absolute Gasteiger partial charge is 0.168 e. The van der Waals surface area contributed by atoms with Gasteiger partial charge in [-0.3, -0.25) is 0 Å². The number of hydrogen-bond acceptors (Lipinski definition) is 3. The molecule has 32 heavy (non-hydrogen) atoms. The van der Waals surface area contributed by atoms with Crippen molar-refractivity contribution in [2.45, 2.75) is 25.7 Å². The minimum Gasteiger partial charge on any atom is -0.504 e. The molecule has 3 aromatic carbocycles. The summed E-state index contributed by atoms with van der Waals surface area (Å²) in [5.41, 5.74) is 3.76. The van der Waals surface area contributed by atoms with Gasteiger partial charge in [0.1, 0.15) is 0 Å². The minimum atomic E-state index is 0.171. The Bertz CT molecular complexity index is 964. The largest absolute Gasteiger partial charge is 0.504 e. The average molecular weight is 449 g/mol. The molecule has 3 aromatic rings. The molecule has 0 aliphatic carbocycles. The first-order chi connectivity index (χ1) is 15.7. The van der Waals surface area contributed by atoms with Gasteiger partial charge in [-0.25, -0.2) is 0 Å². The quantitative estimate of drug-likeness (QED) is 0.405. The number of rotatable bonds is 11. The Kier molecular flexibility index (Phi) is 9.38. The van der Waals surface area contributed by atoms with E-state index in [0.29, 0.717) is 5.75 Å². The van der Waals surface area contributed by atoms with Crippen LogP contribution in [0.1, 0.15) is 23.1 Å². The average Bonchev–Trinajstić information content (AvgIpc) is 2.83. The monoisotopic (exact) mass is 448 g/mol. The Labute approximate surface area is 196 Å². The van der Waals surface area contributed by atoms with Crippen LogP contribution in [0.4, 0.5) is 0 Å². The van der Waals surface area contributed by atoms with Crippen molar-refractivity contribution in [2.24, 2.45) is 0 Å². The summed E-state index contributed by atoms with van der Waals surface area (Å²) >= 11 is 5.75. The molecule has 0 spiro atoms. The summed E-state index contributed by atoms with van der Waals surface area (Å²) < 4.78 is 5.23. The second-order valence-electron chi connectivity index (χ2n) is 7.80. The number of hydrogen-bond donors (Lipinski definition) is 2. The maximum absolute atomic E-state index is 9.81. The molecule has 2 N–H and O–H groups in total. The van der Waals surface area contributed by atoms with E-state index in [-0.39, 0.29) is 5.75 Å². The summed E-state index contributed by atoms with van der Waals surface area (Å²) in [7, 11) is 1.57. The molecule has 0 aliphatic heterocycles. The van der Waals surface area contributed by atoms with Crippen molar-refractivity contribution < 1.29 is 9.84 Å². The third-order valence-corrected chi connectivity index (χ3v) is 5.87. The third-order valence-electron chi connectivity index (χ3n) is 5.47. The van der Waals surface area contributed by atoms with E-state index in [0.717, 1.165) is 56.0 Å². The molecule has 0 atom stereocenters. The maximum atomic E-state index is 9.81. The normalized spacial score (nSPS) is 10.5. The Balaban J connectivity index is 1.54. The first-order valence-corrected chi connectivity index (χ1v) is 11.5. The summed E-state index contributed by atoms with van der Waals surface area (Å²) in [5, 5.41) is 14.1. The fraction of sp³-hybridized carbons (Fsp3) is 0.296. The molecule has 0 bridgehead atoms. The maximum Gasteiger partial charge on any atom is 0.168 e. The van der Waals surface area contributed by atoms with Crippen molar-refractivity contribution >= 4 is 17.3 Å². The Morgan fingerprint density at radius 1 is 0.844 bits per heavy atom. The number of nitrogens with zero attached hydrogens (tertiary/aromatic N) is 1. The molecule has 0 fully saturated rings. The van der Waals surface area contributed by atoms with E-state index in [1.165, 1.54) is 11.1 Å². The van der Waals surface area contributed by atoms with E-state index in [9.17, 15) is 5.11 Å². The van der Waals surface area contributed by atoms with Gasteiger partial charge in [-0.15, -0.1) is 0 Å². The van der Waals surface area contributed by atoms with Crippen LogP contribution in [0.5, 0.6) is 11.5 Å². The third kappa shape index (κ3) is 7.57. The first kappa shape index (κ1) is 23.6. The number of phenols is 1. The number of benzene rings is 3. The van der Waals surface area contributed by atoms with E-state index in [4.69, 9.17) is 17.0 Å². The highest BCUT2D eigenvalue weighted by Gasteiger charge is 2.10. The van der Waals surface area contributed by atoms with Crippen LogP contribution in [0.2, 0.25) is 0 Å². The van der Waals surface area contributed by atoms with Gasteiger partial charge >= 0.3 is 0 Å². The summed E-state index contributed by atoms with van der Waals surface area (Å²) in [5.74, 6) is 0.686. The molecule has 0 aliphatic rings. The molecule has 0 saturated carbocycles. The minimum absolute atomic E-state index is 0.171. The predicted octanol–water partition coefficient (Wildman–Crippen LogP) is 5.00.